The molecule has 1 aliphatic rings. The summed E-state index contributed by atoms with van der Waals surface area (Å²) in [5.74, 6) is 0.479. The predicted octanol–water partition coefficient (Wildman–Crippen LogP) is 2.29. The molecule has 4 rings (SSSR count). The third-order valence-corrected chi connectivity index (χ3v) is 4.05. The van der Waals surface area contributed by atoms with Gasteiger partial charge >= 0.3 is 0 Å². The Morgan fingerprint density at radius 2 is 2.14 bits per heavy atom. The second-order valence-electron chi connectivity index (χ2n) is 5.51. The Bertz CT molecular complexity index is 781. The molecule has 0 radical (unpaired) electrons. The first-order valence-corrected chi connectivity index (χ1v) is 7.46. The van der Waals surface area contributed by atoms with E-state index < -0.39 is 0 Å². The maximum atomic E-state index is 12.4. The van der Waals surface area contributed by atoms with E-state index in [4.69, 9.17) is 0 Å². The first-order valence-electron chi connectivity index (χ1n) is 7.46. The zero-order valence-corrected chi connectivity index (χ0v) is 12.0. The van der Waals surface area contributed by atoms with E-state index in [1.165, 1.54) is 12.8 Å². The number of carbonyl (C=O) groups is 1. The van der Waals surface area contributed by atoms with Crippen molar-refractivity contribution in [2.75, 3.05) is 5.32 Å². The summed E-state index contributed by atoms with van der Waals surface area (Å²) >= 11 is 0. The molecule has 1 fully saturated rings. The minimum absolute atomic E-state index is 0.245. The van der Waals surface area contributed by atoms with Crippen LogP contribution in [0, 0.1) is 0 Å². The van der Waals surface area contributed by atoms with Crippen molar-refractivity contribution in [3.63, 3.8) is 0 Å². The van der Waals surface area contributed by atoms with Crippen molar-refractivity contribution in [3.05, 3.63) is 42.5 Å². The van der Waals surface area contributed by atoms with Crippen molar-refractivity contribution in [1.29, 1.82) is 0 Å². The Labute approximate surface area is 127 Å². The number of carbonyl (C=O) groups excluding carboxylic acids is 1. The summed E-state index contributed by atoms with van der Waals surface area (Å²) in [7, 11) is 0. The second kappa shape index (κ2) is 5.25. The van der Waals surface area contributed by atoms with Gasteiger partial charge < -0.3 is 5.32 Å². The molecule has 0 unspecified atom stereocenters. The largest absolute Gasteiger partial charge is 0.305 e. The smallest absolute Gasteiger partial charge is 0.277 e. The van der Waals surface area contributed by atoms with Gasteiger partial charge in [-0.2, -0.15) is 10.2 Å². The number of rotatable bonds is 3. The van der Waals surface area contributed by atoms with Crippen LogP contribution in [0.1, 0.15) is 42.2 Å². The van der Waals surface area contributed by atoms with E-state index in [1.54, 1.807) is 35.2 Å². The molecule has 3 aromatic heterocycles. The second-order valence-corrected chi connectivity index (χ2v) is 5.51. The summed E-state index contributed by atoms with van der Waals surface area (Å²) in [5, 5.41) is 11.5. The van der Waals surface area contributed by atoms with Crippen molar-refractivity contribution >= 4 is 17.4 Å². The minimum atomic E-state index is -0.245. The molecule has 3 heterocycles. The van der Waals surface area contributed by atoms with Crippen LogP contribution in [-0.4, -0.2) is 30.3 Å². The number of amides is 1. The molecule has 0 atom stereocenters. The molecule has 0 bridgehead atoms. The molecular weight excluding hydrogens is 280 g/mol. The summed E-state index contributed by atoms with van der Waals surface area (Å²) in [4.78, 5) is 16.6. The predicted molar refractivity (Wildman–Crippen MR) is 80.7 cm³/mol. The van der Waals surface area contributed by atoms with Crippen LogP contribution in [0.25, 0.3) is 5.65 Å². The maximum Gasteiger partial charge on any atom is 0.277 e. The van der Waals surface area contributed by atoms with Crippen molar-refractivity contribution < 1.29 is 4.79 Å². The molecule has 1 amide bonds. The fraction of sp³-hybridized carbons (Fsp3) is 0.333. The van der Waals surface area contributed by atoms with Crippen LogP contribution in [0.2, 0.25) is 0 Å². The number of nitrogens with one attached hydrogen (secondary N) is 1. The third kappa shape index (κ3) is 2.24. The highest BCUT2D eigenvalue weighted by molar-refractivity contribution is 6.03. The van der Waals surface area contributed by atoms with Crippen molar-refractivity contribution in [2.24, 2.45) is 0 Å². The maximum absolute atomic E-state index is 12.4. The first kappa shape index (κ1) is 13.0. The summed E-state index contributed by atoms with van der Waals surface area (Å²) in [6.45, 7) is 0. The Morgan fingerprint density at radius 1 is 1.27 bits per heavy atom. The number of anilines is 1. The lowest BCUT2D eigenvalue weighted by atomic mass is 10.2. The number of hydrogen-bond donors (Lipinski definition) is 1. The lowest BCUT2D eigenvalue weighted by Crippen LogP contribution is -2.18. The summed E-state index contributed by atoms with van der Waals surface area (Å²) in [5.41, 5.74) is 0.995. The molecule has 112 valence electrons. The molecule has 1 saturated carbocycles. The standard InChI is InChI=1S/C15H16N6O/c22-15(12-10-14-16-7-3-9-20(14)19-12)18-13-6-8-17-21(13)11-4-1-2-5-11/h3,6-11H,1-2,4-5H2,(H,18,22). The Balaban J connectivity index is 1.58. The third-order valence-electron chi connectivity index (χ3n) is 4.05. The van der Waals surface area contributed by atoms with Gasteiger partial charge in [-0.3, -0.25) is 4.79 Å². The van der Waals surface area contributed by atoms with E-state index in [1.807, 2.05) is 10.7 Å². The van der Waals surface area contributed by atoms with Crippen LogP contribution in [-0.2, 0) is 0 Å². The van der Waals surface area contributed by atoms with E-state index in [-0.39, 0.29) is 5.91 Å². The van der Waals surface area contributed by atoms with Gasteiger partial charge in [0.1, 0.15) is 5.82 Å². The van der Waals surface area contributed by atoms with Gasteiger partial charge in [0.2, 0.25) is 0 Å². The number of hydrogen-bond acceptors (Lipinski definition) is 4. The number of fused-ring (bicyclic) bond motifs is 1. The van der Waals surface area contributed by atoms with Crippen LogP contribution in [0.15, 0.2) is 36.8 Å². The molecule has 7 heteroatoms. The average molecular weight is 296 g/mol. The van der Waals surface area contributed by atoms with E-state index >= 15 is 0 Å². The summed E-state index contributed by atoms with van der Waals surface area (Å²) < 4.78 is 3.50. The Morgan fingerprint density at radius 3 is 2.95 bits per heavy atom. The van der Waals surface area contributed by atoms with Crippen LogP contribution < -0.4 is 5.32 Å². The SMILES string of the molecule is O=C(Nc1ccnn1C1CCCC1)c1cc2ncccn2n1. The minimum Gasteiger partial charge on any atom is -0.305 e. The van der Waals surface area contributed by atoms with Crippen LogP contribution in [0.4, 0.5) is 5.82 Å². The van der Waals surface area contributed by atoms with Crippen molar-refractivity contribution in [1.82, 2.24) is 24.4 Å². The Kier molecular flexibility index (Phi) is 3.10. The topological polar surface area (TPSA) is 77.1 Å². The van der Waals surface area contributed by atoms with Crippen molar-refractivity contribution in [2.45, 2.75) is 31.7 Å². The van der Waals surface area contributed by atoms with E-state index in [0.717, 1.165) is 18.7 Å². The number of aromatic nitrogens is 5. The van der Waals surface area contributed by atoms with E-state index in [9.17, 15) is 4.79 Å². The van der Waals surface area contributed by atoms with Gasteiger partial charge in [-0.25, -0.2) is 14.2 Å². The molecule has 1 aliphatic carbocycles. The van der Waals surface area contributed by atoms with Gasteiger partial charge in [-0.05, 0) is 18.9 Å². The quantitative estimate of drug-likeness (QED) is 0.804. The summed E-state index contributed by atoms with van der Waals surface area (Å²) in [6, 6.07) is 5.65. The van der Waals surface area contributed by atoms with Crippen LogP contribution >= 0.6 is 0 Å². The number of nitrogens with zero attached hydrogens (tertiary/aromatic N) is 5. The highest BCUT2D eigenvalue weighted by Crippen LogP contribution is 2.31. The molecule has 7 nitrogen and oxygen atoms in total. The zero-order chi connectivity index (χ0) is 14.9. The molecule has 0 aliphatic heterocycles. The van der Waals surface area contributed by atoms with Crippen molar-refractivity contribution in [3.8, 4) is 0 Å². The fourth-order valence-electron chi connectivity index (χ4n) is 2.97. The molecule has 3 aromatic rings. The van der Waals surface area contributed by atoms with E-state index in [2.05, 4.69) is 20.5 Å². The van der Waals surface area contributed by atoms with E-state index in [0.29, 0.717) is 17.4 Å². The van der Waals surface area contributed by atoms with Gasteiger partial charge in [0.25, 0.3) is 5.91 Å². The fourth-order valence-corrected chi connectivity index (χ4v) is 2.97. The molecular formula is C15H16N6O. The average Bonchev–Trinajstić information content (AvgIpc) is 3.26. The molecule has 0 aromatic carbocycles. The normalized spacial score (nSPS) is 15.5. The molecule has 0 saturated heterocycles. The monoisotopic (exact) mass is 296 g/mol. The lowest BCUT2D eigenvalue weighted by Gasteiger charge is -2.14. The van der Waals surface area contributed by atoms with Gasteiger partial charge in [0.05, 0.1) is 12.2 Å². The van der Waals surface area contributed by atoms with Gasteiger partial charge in [-0.1, -0.05) is 12.8 Å². The summed E-state index contributed by atoms with van der Waals surface area (Å²) in [6.07, 6.45) is 9.83. The molecule has 1 N–H and O–H groups in total. The Hall–Kier alpha value is -2.70. The zero-order valence-electron chi connectivity index (χ0n) is 12.0. The highest BCUT2D eigenvalue weighted by atomic mass is 16.2. The molecule has 0 spiro atoms. The van der Waals surface area contributed by atoms with Gasteiger partial charge in [0.15, 0.2) is 11.3 Å². The van der Waals surface area contributed by atoms with Gasteiger partial charge in [-0.15, -0.1) is 0 Å². The lowest BCUT2D eigenvalue weighted by molar-refractivity contribution is 0.102. The van der Waals surface area contributed by atoms with Gasteiger partial charge in [0, 0.05) is 24.5 Å². The van der Waals surface area contributed by atoms with Crippen LogP contribution in [0.3, 0.4) is 0 Å². The van der Waals surface area contributed by atoms with Crippen LogP contribution in [0.5, 0.6) is 0 Å². The highest BCUT2D eigenvalue weighted by Gasteiger charge is 2.21. The first-order chi connectivity index (χ1) is 10.8. The molecule has 22 heavy (non-hydrogen) atoms.